The first-order valence-corrected chi connectivity index (χ1v) is 10.5. The summed E-state index contributed by atoms with van der Waals surface area (Å²) in [6.07, 6.45) is 7.62. The molecule has 3 rings (SSSR count). The van der Waals surface area contributed by atoms with E-state index in [0.29, 0.717) is 6.42 Å². The fourth-order valence-electron chi connectivity index (χ4n) is 4.45. The van der Waals surface area contributed by atoms with Crippen LogP contribution >= 0.6 is 0 Å². The van der Waals surface area contributed by atoms with E-state index in [9.17, 15) is 9.59 Å². The smallest absolute Gasteiger partial charge is 0.251 e. The van der Waals surface area contributed by atoms with Crippen molar-refractivity contribution in [2.75, 3.05) is 26.2 Å². The third-order valence-electron chi connectivity index (χ3n) is 6.10. The first-order valence-electron chi connectivity index (χ1n) is 10.5. The van der Waals surface area contributed by atoms with Gasteiger partial charge in [0.1, 0.15) is 6.10 Å². The lowest BCUT2D eigenvalue weighted by Gasteiger charge is -2.47. The number of carbonyl (C=O) groups is 2. The number of nitrogens with zero attached hydrogens (tertiary/aromatic N) is 3. The van der Waals surface area contributed by atoms with Crippen LogP contribution in [0.3, 0.4) is 0 Å². The molecule has 0 radical (unpaired) electrons. The van der Waals surface area contributed by atoms with Crippen LogP contribution in [-0.4, -0.2) is 65.0 Å². The lowest BCUT2D eigenvalue weighted by molar-refractivity contribution is -0.150. The van der Waals surface area contributed by atoms with Gasteiger partial charge in [-0.15, -0.1) is 0 Å². The Hall–Kier alpha value is -1.95. The summed E-state index contributed by atoms with van der Waals surface area (Å²) in [5, 5.41) is 0. The molecule has 28 heavy (non-hydrogen) atoms. The summed E-state index contributed by atoms with van der Waals surface area (Å²) in [6, 6.07) is 3.99. The highest BCUT2D eigenvalue weighted by Gasteiger charge is 2.42. The Bertz CT molecular complexity index is 669. The Morgan fingerprint density at radius 1 is 1.25 bits per heavy atom. The van der Waals surface area contributed by atoms with Crippen LogP contribution in [0.5, 0.6) is 0 Å². The Balaban J connectivity index is 1.54. The van der Waals surface area contributed by atoms with Crippen molar-refractivity contribution in [3.05, 3.63) is 30.1 Å². The van der Waals surface area contributed by atoms with Gasteiger partial charge in [-0.1, -0.05) is 6.07 Å². The standard InChI is InChI=1S/C22H33N3O3/c1-17(2)28-18(3)21(27)24-13-9-22(10-14-24)8-6-20(26)25(16-22)12-7-19-5-4-11-23-15-19/h4-5,11,15,17-18H,6-10,12-14,16H2,1-3H3. The van der Waals surface area contributed by atoms with Gasteiger partial charge in [0.15, 0.2) is 0 Å². The third-order valence-corrected chi connectivity index (χ3v) is 6.10. The Morgan fingerprint density at radius 2 is 2.00 bits per heavy atom. The number of piperidine rings is 2. The highest BCUT2D eigenvalue weighted by Crippen LogP contribution is 2.40. The molecule has 1 spiro atoms. The van der Waals surface area contributed by atoms with Gasteiger partial charge < -0.3 is 14.5 Å². The Morgan fingerprint density at radius 3 is 2.64 bits per heavy atom. The molecular formula is C22H33N3O3. The quantitative estimate of drug-likeness (QED) is 0.753. The van der Waals surface area contributed by atoms with E-state index in [2.05, 4.69) is 11.1 Å². The molecule has 0 aromatic carbocycles. The molecule has 2 aliphatic heterocycles. The number of hydrogen-bond acceptors (Lipinski definition) is 4. The van der Waals surface area contributed by atoms with E-state index in [1.807, 2.05) is 42.8 Å². The minimum Gasteiger partial charge on any atom is -0.366 e. The topological polar surface area (TPSA) is 62.7 Å². The zero-order valence-electron chi connectivity index (χ0n) is 17.4. The second-order valence-corrected chi connectivity index (χ2v) is 8.58. The summed E-state index contributed by atoms with van der Waals surface area (Å²) in [5.74, 6) is 0.343. The molecule has 3 heterocycles. The second kappa shape index (κ2) is 9.03. The van der Waals surface area contributed by atoms with Crippen molar-refractivity contribution in [3.8, 4) is 0 Å². The lowest BCUT2D eigenvalue weighted by Crippen LogP contribution is -2.53. The van der Waals surface area contributed by atoms with Crippen molar-refractivity contribution >= 4 is 11.8 Å². The first kappa shape index (κ1) is 20.8. The SMILES string of the molecule is CC(C)OC(C)C(=O)N1CCC2(CCC(=O)N(CCc3cccnc3)C2)CC1. The molecule has 0 N–H and O–H groups in total. The summed E-state index contributed by atoms with van der Waals surface area (Å²) in [5.41, 5.74) is 1.32. The molecule has 1 atom stereocenters. The van der Waals surface area contributed by atoms with Crippen LogP contribution in [0.25, 0.3) is 0 Å². The van der Waals surface area contributed by atoms with Gasteiger partial charge in [-0.3, -0.25) is 14.6 Å². The molecule has 1 aromatic heterocycles. The predicted octanol–water partition coefficient (Wildman–Crippen LogP) is 2.67. The normalized spacial score (nSPS) is 20.6. The second-order valence-electron chi connectivity index (χ2n) is 8.58. The molecule has 6 heteroatoms. The number of aromatic nitrogens is 1. The molecular weight excluding hydrogens is 354 g/mol. The van der Waals surface area contributed by atoms with Crippen LogP contribution < -0.4 is 0 Å². The summed E-state index contributed by atoms with van der Waals surface area (Å²) in [7, 11) is 0. The van der Waals surface area contributed by atoms with E-state index in [1.54, 1.807) is 6.20 Å². The molecule has 6 nitrogen and oxygen atoms in total. The molecule has 0 bridgehead atoms. The average Bonchev–Trinajstić information content (AvgIpc) is 2.69. The van der Waals surface area contributed by atoms with Gasteiger partial charge in [0.25, 0.3) is 5.91 Å². The van der Waals surface area contributed by atoms with Gasteiger partial charge in [0, 0.05) is 45.0 Å². The largest absolute Gasteiger partial charge is 0.366 e. The number of rotatable bonds is 6. The number of carbonyl (C=O) groups excluding carboxylic acids is 2. The van der Waals surface area contributed by atoms with E-state index >= 15 is 0 Å². The number of amides is 2. The number of ether oxygens (including phenoxy) is 1. The van der Waals surface area contributed by atoms with Gasteiger partial charge in [-0.2, -0.15) is 0 Å². The molecule has 1 aromatic rings. The fourth-order valence-corrected chi connectivity index (χ4v) is 4.45. The minimum absolute atomic E-state index is 0.0489. The molecule has 2 saturated heterocycles. The Labute approximate surface area is 168 Å². The van der Waals surface area contributed by atoms with Gasteiger partial charge in [-0.25, -0.2) is 0 Å². The number of hydrogen-bond donors (Lipinski definition) is 0. The van der Waals surface area contributed by atoms with Crippen LogP contribution in [0.4, 0.5) is 0 Å². The third kappa shape index (κ3) is 5.10. The first-order chi connectivity index (χ1) is 13.4. The van der Waals surface area contributed by atoms with E-state index < -0.39 is 6.10 Å². The van der Waals surface area contributed by atoms with Crippen molar-refractivity contribution in [2.45, 2.75) is 65.1 Å². The van der Waals surface area contributed by atoms with Crippen LogP contribution in [0.15, 0.2) is 24.5 Å². The van der Waals surface area contributed by atoms with Crippen molar-refractivity contribution < 1.29 is 14.3 Å². The van der Waals surface area contributed by atoms with Gasteiger partial charge in [0.05, 0.1) is 6.10 Å². The molecule has 2 amide bonds. The predicted molar refractivity (Wildman–Crippen MR) is 108 cm³/mol. The van der Waals surface area contributed by atoms with E-state index in [0.717, 1.165) is 57.4 Å². The number of likely N-dealkylation sites (tertiary alicyclic amines) is 2. The minimum atomic E-state index is -0.391. The van der Waals surface area contributed by atoms with Crippen molar-refractivity contribution in [3.63, 3.8) is 0 Å². The highest BCUT2D eigenvalue weighted by atomic mass is 16.5. The maximum Gasteiger partial charge on any atom is 0.251 e. The maximum atomic E-state index is 12.6. The molecule has 0 aliphatic carbocycles. The molecule has 2 aliphatic rings. The van der Waals surface area contributed by atoms with Crippen LogP contribution in [0.2, 0.25) is 0 Å². The van der Waals surface area contributed by atoms with Crippen LogP contribution in [0.1, 0.15) is 52.0 Å². The molecule has 154 valence electrons. The van der Waals surface area contributed by atoms with Crippen LogP contribution in [0, 0.1) is 5.41 Å². The molecule has 2 fully saturated rings. The van der Waals surface area contributed by atoms with E-state index in [1.165, 1.54) is 0 Å². The van der Waals surface area contributed by atoms with Gasteiger partial charge >= 0.3 is 0 Å². The van der Waals surface area contributed by atoms with E-state index in [-0.39, 0.29) is 23.3 Å². The van der Waals surface area contributed by atoms with E-state index in [4.69, 9.17) is 4.74 Å². The van der Waals surface area contributed by atoms with Crippen LogP contribution in [-0.2, 0) is 20.7 Å². The van der Waals surface area contributed by atoms with Crippen molar-refractivity contribution in [2.24, 2.45) is 5.41 Å². The zero-order valence-corrected chi connectivity index (χ0v) is 17.4. The summed E-state index contributed by atoms with van der Waals surface area (Å²) >= 11 is 0. The maximum absolute atomic E-state index is 12.6. The molecule has 1 unspecified atom stereocenters. The van der Waals surface area contributed by atoms with Crippen molar-refractivity contribution in [1.82, 2.24) is 14.8 Å². The van der Waals surface area contributed by atoms with Gasteiger partial charge in [0.2, 0.25) is 5.91 Å². The lowest BCUT2D eigenvalue weighted by atomic mass is 9.72. The number of pyridine rings is 1. The average molecular weight is 388 g/mol. The summed E-state index contributed by atoms with van der Waals surface area (Å²) in [4.78, 5) is 33.2. The zero-order chi connectivity index (χ0) is 20.1. The molecule has 0 saturated carbocycles. The van der Waals surface area contributed by atoms with Crippen molar-refractivity contribution in [1.29, 1.82) is 0 Å². The highest BCUT2D eigenvalue weighted by molar-refractivity contribution is 5.80. The van der Waals surface area contributed by atoms with Gasteiger partial charge in [-0.05, 0) is 63.5 Å². The fraction of sp³-hybridized carbons (Fsp3) is 0.682. The summed E-state index contributed by atoms with van der Waals surface area (Å²) in [6.45, 7) is 8.82. The monoisotopic (exact) mass is 387 g/mol. The summed E-state index contributed by atoms with van der Waals surface area (Å²) < 4.78 is 5.66. The Kier molecular flexibility index (Phi) is 6.70.